The SMILES string of the molecule is CC(O)c1cccc(Sc2nccc(-c3ccc(C=Cc4cccc(C=O)c4)s3)n2)c1. The van der Waals surface area contributed by atoms with Crippen molar-refractivity contribution in [3.8, 4) is 10.6 Å². The van der Waals surface area contributed by atoms with Gasteiger partial charge < -0.3 is 5.11 Å². The molecule has 1 unspecified atom stereocenters. The van der Waals surface area contributed by atoms with Crippen LogP contribution < -0.4 is 0 Å². The van der Waals surface area contributed by atoms with Crippen LogP contribution in [0.5, 0.6) is 0 Å². The van der Waals surface area contributed by atoms with E-state index in [0.717, 1.165) is 37.8 Å². The van der Waals surface area contributed by atoms with Gasteiger partial charge in [-0.2, -0.15) is 0 Å². The fourth-order valence-electron chi connectivity index (χ4n) is 2.96. The lowest BCUT2D eigenvalue weighted by Gasteiger charge is -2.07. The molecule has 2 heterocycles. The van der Waals surface area contributed by atoms with E-state index in [4.69, 9.17) is 4.98 Å². The highest BCUT2D eigenvalue weighted by Gasteiger charge is 2.08. The largest absolute Gasteiger partial charge is 0.389 e. The molecule has 0 radical (unpaired) electrons. The number of aromatic nitrogens is 2. The van der Waals surface area contributed by atoms with Crippen LogP contribution in [0.3, 0.4) is 0 Å². The number of carbonyl (C=O) groups excluding carboxylic acids is 1. The van der Waals surface area contributed by atoms with Crippen molar-refractivity contribution in [1.29, 1.82) is 0 Å². The molecule has 1 N–H and O–H groups in total. The van der Waals surface area contributed by atoms with Crippen molar-refractivity contribution in [3.05, 3.63) is 94.5 Å². The molecule has 0 bridgehead atoms. The summed E-state index contributed by atoms with van der Waals surface area (Å²) in [5, 5.41) is 10.5. The molecule has 0 saturated heterocycles. The van der Waals surface area contributed by atoms with Crippen molar-refractivity contribution in [2.45, 2.75) is 23.1 Å². The van der Waals surface area contributed by atoms with Gasteiger partial charge in [0.05, 0.1) is 16.7 Å². The Balaban J connectivity index is 1.51. The predicted octanol–water partition coefficient (Wildman–Crippen LogP) is 6.39. The van der Waals surface area contributed by atoms with Crippen molar-refractivity contribution in [1.82, 2.24) is 9.97 Å². The average Bonchev–Trinajstić information content (AvgIpc) is 3.27. The summed E-state index contributed by atoms with van der Waals surface area (Å²) in [6.45, 7) is 1.75. The molecule has 0 aliphatic carbocycles. The van der Waals surface area contributed by atoms with Crippen molar-refractivity contribution in [2.24, 2.45) is 0 Å². The van der Waals surface area contributed by atoms with Crippen LogP contribution in [0.4, 0.5) is 0 Å². The molecule has 0 amide bonds. The lowest BCUT2D eigenvalue weighted by Crippen LogP contribution is -1.91. The van der Waals surface area contributed by atoms with E-state index in [-0.39, 0.29) is 0 Å². The first kappa shape index (κ1) is 21.2. The van der Waals surface area contributed by atoms with Gasteiger partial charge in [0.1, 0.15) is 6.29 Å². The van der Waals surface area contributed by atoms with E-state index in [1.807, 2.05) is 60.7 Å². The highest BCUT2D eigenvalue weighted by molar-refractivity contribution is 7.99. The number of aldehydes is 1. The van der Waals surface area contributed by atoms with E-state index in [1.54, 1.807) is 30.5 Å². The summed E-state index contributed by atoms with van der Waals surface area (Å²) < 4.78 is 0. The van der Waals surface area contributed by atoms with Crippen LogP contribution in [0.15, 0.2) is 83.0 Å². The number of carbonyl (C=O) groups is 1. The Hall–Kier alpha value is -3.06. The third kappa shape index (κ3) is 5.55. The molecule has 0 fully saturated rings. The molecule has 4 aromatic rings. The normalized spacial score (nSPS) is 12.2. The first-order valence-electron chi connectivity index (χ1n) is 9.73. The summed E-state index contributed by atoms with van der Waals surface area (Å²) in [6.07, 6.45) is 6.15. The number of aliphatic hydroxyl groups excluding tert-OH is 1. The first-order chi connectivity index (χ1) is 15.1. The average molecular weight is 445 g/mol. The fourth-order valence-corrected chi connectivity index (χ4v) is 4.66. The van der Waals surface area contributed by atoms with Crippen molar-refractivity contribution in [3.63, 3.8) is 0 Å². The molecule has 4 rings (SSSR count). The van der Waals surface area contributed by atoms with E-state index in [9.17, 15) is 9.90 Å². The Kier molecular flexibility index (Phi) is 6.72. The highest BCUT2D eigenvalue weighted by Crippen LogP contribution is 2.31. The molecule has 4 nitrogen and oxygen atoms in total. The van der Waals surface area contributed by atoms with E-state index >= 15 is 0 Å². The molecule has 31 heavy (non-hydrogen) atoms. The van der Waals surface area contributed by atoms with Crippen LogP contribution >= 0.6 is 23.1 Å². The maximum atomic E-state index is 10.9. The molecule has 0 saturated carbocycles. The molecule has 154 valence electrons. The Morgan fingerprint density at radius 2 is 1.84 bits per heavy atom. The maximum Gasteiger partial charge on any atom is 0.192 e. The van der Waals surface area contributed by atoms with Gasteiger partial charge in [0.15, 0.2) is 5.16 Å². The van der Waals surface area contributed by atoms with Crippen LogP contribution in [0.2, 0.25) is 0 Å². The summed E-state index contributed by atoms with van der Waals surface area (Å²) in [7, 11) is 0. The van der Waals surface area contributed by atoms with Crippen LogP contribution in [0, 0.1) is 0 Å². The quantitative estimate of drug-likeness (QED) is 0.264. The Morgan fingerprint density at radius 1 is 1.00 bits per heavy atom. The van der Waals surface area contributed by atoms with Gasteiger partial charge in [-0.1, -0.05) is 36.4 Å². The topological polar surface area (TPSA) is 63.1 Å². The van der Waals surface area contributed by atoms with Gasteiger partial charge >= 0.3 is 0 Å². The van der Waals surface area contributed by atoms with Gasteiger partial charge in [0, 0.05) is 21.5 Å². The molecular weight excluding hydrogens is 424 g/mol. The minimum Gasteiger partial charge on any atom is -0.389 e. The number of thiophene rings is 1. The van der Waals surface area contributed by atoms with Gasteiger partial charge in [-0.3, -0.25) is 4.79 Å². The number of hydrogen-bond acceptors (Lipinski definition) is 6. The lowest BCUT2D eigenvalue weighted by molar-refractivity contribution is 0.112. The minimum atomic E-state index is -0.508. The number of rotatable bonds is 7. The first-order valence-corrected chi connectivity index (χ1v) is 11.4. The molecule has 1 atom stereocenters. The molecule has 0 spiro atoms. The van der Waals surface area contributed by atoms with E-state index < -0.39 is 6.10 Å². The number of hydrogen-bond donors (Lipinski definition) is 1. The Labute approximate surface area is 189 Å². The third-order valence-electron chi connectivity index (χ3n) is 4.55. The Bertz CT molecular complexity index is 1230. The van der Waals surface area contributed by atoms with E-state index in [0.29, 0.717) is 10.7 Å². The van der Waals surface area contributed by atoms with Crippen LogP contribution in [0.25, 0.3) is 22.7 Å². The predicted molar refractivity (Wildman–Crippen MR) is 127 cm³/mol. The van der Waals surface area contributed by atoms with Crippen molar-refractivity contribution >= 4 is 41.5 Å². The minimum absolute atomic E-state index is 0.508. The van der Waals surface area contributed by atoms with Crippen LogP contribution in [-0.2, 0) is 0 Å². The summed E-state index contributed by atoms with van der Waals surface area (Å²) in [4.78, 5) is 23.2. The van der Waals surface area contributed by atoms with Gasteiger partial charge in [0.25, 0.3) is 0 Å². The van der Waals surface area contributed by atoms with Crippen molar-refractivity contribution < 1.29 is 9.90 Å². The Morgan fingerprint density at radius 3 is 2.68 bits per heavy atom. The molecular formula is C25H20N2O2S2. The zero-order valence-electron chi connectivity index (χ0n) is 16.8. The molecule has 0 aliphatic heterocycles. The second-order valence-electron chi connectivity index (χ2n) is 6.90. The summed E-state index contributed by atoms with van der Waals surface area (Å²) in [5.41, 5.74) is 3.39. The summed E-state index contributed by atoms with van der Waals surface area (Å²) in [5.74, 6) is 0. The number of nitrogens with zero attached hydrogens (tertiary/aromatic N) is 2. The van der Waals surface area contributed by atoms with Gasteiger partial charge in [-0.15, -0.1) is 11.3 Å². The number of benzene rings is 2. The van der Waals surface area contributed by atoms with Crippen LogP contribution in [-0.4, -0.2) is 21.4 Å². The van der Waals surface area contributed by atoms with Gasteiger partial charge in [-0.25, -0.2) is 9.97 Å². The summed E-state index contributed by atoms with van der Waals surface area (Å²) in [6, 6.07) is 21.3. The monoisotopic (exact) mass is 444 g/mol. The van der Waals surface area contributed by atoms with E-state index in [2.05, 4.69) is 17.1 Å². The van der Waals surface area contributed by atoms with Crippen LogP contribution in [0.1, 0.15) is 39.4 Å². The van der Waals surface area contributed by atoms with Crippen molar-refractivity contribution in [2.75, 3.05) is 0 Å². The summed E-state index contributed by atoms with van der Waals surface area (Å²) >= 11 is 3.12. The molecule has 2 aromatic heterocycles. The van der Waals surface area contributed by atoms with Gasteiger partial charge in [-0.05, 0) is 72.3 Å². The zero-order chi connectivity index (χ0) is 21.6. The fraction of sp³-hybridized carbons (Fsp3) is 0.0800. The maximum absolute atomic E-state index is 10.9. The lowest BCUT2D eigenvalue weighted by atomic mass is 10.1. The highest BCUT2D eigenvalue weighted by atomic mass is 32.2. The smallest absolute Gasteiger partial charge is 0.192 e. The zero-order valence-corrected chi connectivity index (χ0v) is 18.4. The molecule has 0 aliphatic rings. The van der Waals surface area contributed by atoms with E-state index in [1.165, 1.54) is 11.8 Å². The van der Waals surface area contributed by atoms with Gasteiger partial charge in [0.2, 0.25) is 0 Å². The molecule has 6 heteroatoms. The third-order valence-corrected chi connectivity index (χ3v) is 6.49. The second-order valence-corrected chi connectivity index (χ2v) is 9.05. The number of aliphatic hydroxyl groups is 1. The standard InChI is InChI=1S/C25H20N2O2S2/c1-17(29)20-6-3-7-22(15-20)31-25-26-13-12-23(27-25)24-11-10-21(30-24)9-8-18-4-2-5-19(14-18)16-28/h2-17,29H,1H3. The molecule has 2 aromatic carbocycles. The second kappa shape index (κ2) is 9.83.